The second-order valence-electron chi connectivity index (χ2n) is 3.10. The zero-order chi connectivity index (χ0) is 6.85. The van der Waals surface area contributed by atoms with Crippen molar-refractivity contribution >= 4 is 0 Å². The summed E-state index contributed by atoms with van der Waals surface area (Å²) in [7, 11) is 0. The molecule has 2 nitrogen and oxygen atoms in total. The van der Waals surface area contributed by atoms with Crippen LogP contribution in [-0.4, -0.2) is 17.6 Å². The summed E-state index contributed by atoms with van der Waals surface area (Å²) in [6.07, 6.45) is 2.61. The summed E-state index contributed by atoms with van der Waals surface area (Å²) in [5, 5.41) is 1.95. The standard InChI is InChI=1S/C7H16N2/c1-6-4-3-5-9(8)7(6)2/h6-7H,3-5,8H2,1-2H3. The van der Waals surface area contributed by atoms with Gasteiger partial charge in [0.1, 0.15) is 0 Å². The van der Waals surface area contributed by atoms with E-state index in [0.29, 0.717) is 6.04 Å². The Hall–Kier alpha value is -0.0800. The number of hydrazine groups is 1. The molecule has 1 heterocycles. The minimum absolute atomic E-state index is 0.582. The largest absolute Gasteiger partial charge is 0.269 e. The number of hydrogen-bond acceptors (Lipinski definition) is 2. The number of piperidine rings is 1. The molecule has 2 heteroatoms. The normalized spacial score (nSPS) is 39.0. The molecule has 2 atom stereocenters. The van der Waals surface area contributed by atoms with E-state index in [1.54, 1.807) is 0 Å². The van der Waals surface area contributed by atoms with Crippen molar-refractivity contribution < 1.29 is 0 Å². The van der Waals surface area contributed by atoms with Gasteiger partial charge in [-0.3, -0.25) is 5.84 Å². The molecule has 0 aromatic rings. The Bertz CT molecular complexity index is 82.9. The van der Waals surface area contributed by atoms with E-state index in [-0.39, 0.29) is 0 Å². The highest BCUT2D eigenvalue weighted by atomic mass is 15.4. The zero-order valence-corrected chi connectivity index (χ0v) is 6.30. The molecule has 0 spiro atoms. The first-order valence-electron chi connectivity index (χ1n) is 3.73. The quantitative estimate of drug-likeness (QED) is 0.493. The van der Waals surface area contributed by atoms with Gasteiger partial charge >= 0.3 is 0 Å². The van der Waals surface area contributed by atoms with Gasteiger partial charge in [-0.2, -0.15) is 0 Å². The summed E-state index contributed by atoms with van der Waals surface area (Å²) in [4.78, 5) is 0. The minimum atomic E-state index is 0.582. The third-order valence-electron chi connectivity index (χ3n) is 2.42. The average Bonchev–Trinajstić information content (AvgIpc) is 1.83. The van der Waals surface area contributed by atoms with E-state index in [4.69, 9.17) is 5.84 Å². The molecule has 1 fully saturated rings. The molecule has 1 saturated heterocycles. The van der Waals surface area contributed by atoms with Crippen LogP contribution in [0.25, 0.3) is 0 Å². The third kappa shape index (κ3) is 1.43. The van der Waals surface area contributed by atoms with Gasteiger partial charge in [-0.15, -0.1) is 0 Å². The second kappa shape index (κ2) is 2.67. The molecule has 0 aromatic heterocycles. The highest BCUT2D eigenvalue weighted by Crippen LogP contribution is 2.19. The lowest BCUT2D eigenvalue weighted by molar-refractivity contribution is 0.115. The van der Waals surface area contributed by atoms with Crippen LogP contribution in [0.1, 0.15) is 26.7 Å². The highest BCUT2D eigenvalue weighted by Gasteiger charge is 2.21. The first kappa shape index (κ1) is 7.03. The molecule has 0 saturated carbocycles. The highest BCUT2D eigenvalue weighted by molar-refractivity contribution is 4.74. The van der Waals surface area contributed by atoms with Gasteiger partial charge < -0.3 is 0 Å². The van der Waals surface area contributed by atoms with Gasteiger partial charge in [0.05, 0.1) is 0 Å². The van der Waals surface area contributed by atoms with Crippen molar-refractivity contribution in [3.63, 3.8) is 0 Å². The van der Waals surface area contributed by atoms with Gasteiger partial charge in [0, 0.05) is 12.6 Å². The molecule has 0 aliphatic carbocycles. The predicted molar refractivity (Wildman–Crippen MR) is 38.8 cm³/mol. The fourth-order valence-corrected chi connectivity index (χ4v) is 1.37. The van der Waals surface area contributed by atoms with Crippen molar-refractivity contribution in [2.75, 3.05) is 6.54 Å². The maximum Gasteiger partial charge on any atom is 0.0238 e. The number of hydrogen-bond donors (Lipinski definition) is 1. The summed E-state index contributed by atoms with van der Waals surface area (Å²) in [5.74, 6) is 6.48. The van der Waals surface area contributed by atoms with E-state index >= 15 is 0 Å². The Kier molecular flexibility index (Phi) is 2.09. The molecule has 0 aromatic carbocycles. The van der Waals surface area contributed by atoms with Gasteiger partial charge in [-0.05, 0) is 25.7 Å². The van der Waals surface area contributed by atoms with Crippen molar-refractivity contribution in [1.29, 1.82) is 0 Å². The van der Waals surface area contributed by atoms with E-state index in [9.17, 15) is 0 Å². The van der Waals surface area contributed by atoms with Crippen LogP contribution in [0.3, 0.4) is 0 Å². The van der Waals surface area contributed by atoms with Crippen LogP contribution in [-0.2, 0) is 0 Å². The maximum absolute atomic E-state index is 5.70. The van der Waals surface area contributed by atoms with E-state index in [0.717, 1.165) is 12.5 Å². The molecule has 0 amide bonds. The number of nitrogens with two attached hydrogens (primary N) is 1. The minimum Gasteiger partial charge on any atom is -0.269 e. The molecule has 2 unspecified atom stereocenters. The monoisotopic (exact) mass is 128 g/mol. The maximum atomic E-state index is 5.70. The molecular formula is C7H16N2. The summed E-state index contributed by atoms with van der Waals surface area (Å²) in [5.41, 5.74) is 0. The first-order valence-corrected chi connectivity index (χ1v) is 3.73. The Morgan fingerprint density at radius 1 is 1.44 bits per heavy atom. The Morgan fingerprint density at radius 2 is 2.11 bits per heavy atom. The van der Waals surface area contributed by atoms with Crippen LogP contribution >= 0.6 is 0 Å². The molecule has 9 heavy (non-hydrogen) atoms. The Balaban J connectivity index is 2.41. The van der Waals surface area contributed by atoms with Gasteiger partial charge in [0.25, 0.3) is 0 Å². The van der Waals surface area contributed by atoms with E-state index in [1.807, 2.05) is 5.01 Å². The van der Waals surface area contributed by atoms with Gasteiger partial charge in [0.15, 0.2) is 0 Å². The smallest absolute Gasteiger partial charge is 0.0238 e. The summed E-state index contributed by atoms with van der Waals surface area (Å²) < 4.78 is 0. The van der Waals surface area contributed by atoms with Crippen LogP contribution in [0.2, 0.25) is 0 Å². The number of nitrogens with zero attached hydrogens (tertiary/aromatic N) is 1. The topological polar surface area (TPSA) is 29.3 Å². The van der Waals surface area contributed by atoms with Crippen LogP contribution in [0.5, 0.6) is 0 Å². The lowest BCUT2D eigenvalue weighted by Gasteiger charge is -2.34. The van der Waals surface area contributed by atoms with Crippen molar-refractivity contribution in [2.24, 2.45) is 11.8 Å². The van der Waals surface area contributed by atoms with Crippen molar-refractivity contribution in [2.45, 2.75) is 32.7 Å². The fraction of sp³-hybridized carbons (Fsp3) is 1.00. The van der Waals surface area contributed by atoms with E-state index in [1.165, 1.54) is 12.8 Å². The molecule has 0 bridgehead atoms. The predicted octanol–water partition coefficient (Wildman–Crippen LogP) is 0.981. The second-order valence-corrected chi connectivity index (χ2v) is 3.10. The van der Waals surface area contributed by atoms with Crippen LogP contribution in [0, 0.1) is 5.92 Å². The van der Waals surface area contributed by atoms with Gasteiger partial charge in [-0.1, -0.05) is 6.92 Å². The molecule has 1 rings (SSSR count). The third-order valence-corrected chi connectivity index (χ3v) is 2.42. The summed E-state index contributed by atoms with van der Waals surface area (Å²) in [6.45, 7) is 5.54. The average molecular weight is 128 g/mol. The van der Waals surface area contributed by atoms with Crippen molar-refractivity contribution in [3.05, 3.63) is 0 Å². The van der Waals surface area contributed by atoms with Crippen molar-refractivity contribution in [1.82, 2.24) is 5.01 Å². The molecule has 2 N–H and O–H groups in total. The van der Waals surface area contributed by atoms with Gasteiger partial charge in [-0.25, -0.2) is 5.01 Å². The SMILES string of the molecule is CC1CCCN(N)C1C. The Labute approximate surface area is 57.0 Å². The first-order chi connectivity index (χ1) is 4.22. The molecule has 1 aliphatic heterocycles. The molecule has 1 aliphatic rings. The molecule has 0 radical (unpaired) electrons. The lowest BCUT2D eigenvalue weighted by atomic mass is 9.94. The van der Waals surface area contributed by atoms with Crippen LogP contribution in [0.4, 0.5) is 0 Å². The van der Waals surface area contributed by atoms with Crippen LogP contribution < -0.4 is 5.84 Å². The lowest BCUT2D eigenvalue weighted by Crippen LogP contribution is -2.46. The van der Waals surface area contributed by atoms with Gasteiger partial charge in [0.2, 0.25) is 0 Å². The zero-order valence-electron chi connectivity index (χ0n) is 6.30. The number of rotatable bonds is 0. The van der Waals surface area contributed by atoms with Crippen molar-refractivity contribution in [3.8, 4) is 0 Å². The Morgan fingerprint density at radius 3 is 2.56 bits per heavy atom. The summed E-state index contributed by atoms with van der Waals surface area (Å²) >= 11 is 0. The molecular weight excluding hydrogens is 112 g/mol. The fourth-order valence-electron chi connectivity index (χ4n) is 1.37. The van der Waals surface area contributed by atoms with E-state index < -0.39 is 0 Å². The van der Waals surface area contributed by atoms with Crippen LogP contribution in [0.15, 0.2) is 0 Å². The molecule has 54 valence electrons. The van der Waals surface area contributed by atoms with E-state index in [2.05, 4.69) is 13.8 Å². The summed E-state index contributed by atoms with van der Waals surface area (Å²) in [6, 6.07) is 0.582.